The maximum Gasteiger partial charge on any atom is 0.260 e. The first-order chi connectivity index (χ1) is 13.2. The van der Waals surface area contributed by atoms with Gasteiger partial charge in [0.25, 0.3) is 5.56 Å². The second-order valence-corrected chi connectivity index (χ2v) is 7.61. The molecule has 3 aromatic rings. The number of aromatic nitrogens is 4. The molecule has 140 valence electrons. The second-order valence-electron chi connectivity index (χ2n) is 7.61. The SMILES string of the molecule is Cn1cnc2cc(N3CCN(Cc4nccn4C4CC4)CC3)ccc2c1=O. The maximum absolute atomic E-state index is 12.2. The summed E-state index contributed by atoms with van der Waals surface area (Å²) >= 11 is 0. The van der Waals surface area contributed by atoms with Crippen molar-refractivity contribution < 1.29 is 0 Å². The lowest BCUT2D eigenvalue weighted by molar-refractivity contribution is 0.240. The molecule has 5 rings (SSSR count). The van der Waals surface area contributed by atoms with E-state index in [0.717, 1.165) is 43.9 Å². The molecule has 0 unspecified atom stereocenters. The molecule has 0 radical (unpaired) electrons. The third-order valence-corrected chi connectivity index (χ3v) is 5.69. The van der Waals surface area contributed by atoms with E-state index in [9.17, 15) is 4.79 Å². The Balaban J connectivity index is 1.27. The molecule has 3 heterocycles. The molecule has 7 nitrogen and oxygen atoms in total. The van der Waals surface area contributed by atoms with Crippen molar-refractivity contribution in [2.24, 2.45) is 7.05 Å². The van der Waals surface area contributed by atoms with Gasteiger partial charge in [-0.15, -0.1) is 0 Å². The van der Waals surface area contributed by atoms with Crippen LogP contribution >= 0.6 is 0 Å². The number of imidazole rings is 1. The number of hydrogen-bond acceptors (Lipinski definition) is 5. The maximum atomic E-state index is 12.2. The van der Waals surface area contributed by atoms with Crippen LogP contribution in [0.2, 0.25) is 0 Å². The van der Waals surface area contributed by atoms with Crippen LogP contribution < -0.4 is 10.5 Å². The van der Waals surface area contributed by atoms with Gasteiger partial charge in [0.05, 0.1) is 23.8 Å². The molecule has 7 heteroatoms. The number of aryl methyl sites for hydroxylation is 1. The summed E-state index contributed by atoms with van der Waals surface area (Å²) < 4.78 is 3.87. The van der Waals surface area contributed by atoms with Crippen molar-refractivity contribution in [2.75, 3.05) is 31.1 Å². The van der Waals surface area contributed by atoms with E-state index in [1.165, 1.54) is 23.2 Å². The number of anilines is 1. The zero-order valence-corrected chi connectivity index (χ0v) is 15.6. The Morgan fingerprint density at radius 2 is 1.93 bits per heavy atom. The lowest BCUT2D eigenvalue weighted by Crippen LogP contribution is -2.46. The molecule has 1 aliphatic heterocycles. The van der Waals surface area contributed by atoms with E-state index in [2.05, 4.69) is 30.5 Å². The Morgan fingerprint density at radius 1 is 1.11 bits per heavy atom. The zero-order chi connectivity index (χ0) is 18.4. The van der Waals surface area contributed by atoms with Crippen molar-refractivity contribution in [1.29, 1.82) is 0 Å². The highest BCUT2D eigenvalue weighted by Crippen LogP contribution is 2.35. The molecule has 0 atom stereocenters. The van der Waals surface area contributed by atoms with E-state index in [1.807, 2.05) is 24.4 Å². The number of benzene rings is 1. The first-order valence-corrected chi connectivity index (χ1v) is 9.63. The highest BCUT2D eigenvalue weighted by molar-refractivity contribution is 5.81. The fourth-order valence-corrected chi connectivity index (χ4v) is 3.91. The summed E-state index contributed by atoms with van der Waals surface area (Å²) in [6, 6.07) is 6.66. The molecule has 0 N–H and O–H groups in total. The Kier molecular flexibility index (Phi) is 3.97. The zero-order valence-electron chi connectivity index (χ0n) is 15.6. The Bertz CT molecular complexity index is 1030. The molecule has 1 saturated heterocycles. The molecule has 1 saturated carbocycles. The highest BCUT2D eigenvalue weighted by Gasteiger charge is 2.26. The van der Waals surface area contributed by atoms with Gasteiger partial charge >= 0.3 is 0 Å². The average Bonchev–Trinajstić information content (AvgIpc) is 3.44. The van der Waals surface area contributed by atoms with Crippen molar-refractivity contribution in [3.63, 3.8) is 0 Å². The lowest BCUT2D eigenvalue weighted by Gasteiger charge is -2.36. The van der Waals surface area contributed by atoms with Gasteiger partial charge in [-0.3, -0.25) is 9.69 Å². The monoisotopic (exact) mass is 364 g/mol. The van der Waals surface area contributed by atoms with Crippen LogP contribution in [0, 0.1) is 0 Å². The van der Waals surface area contributed by atoms with Crippen molar-refractivity contribution in [1.82, 2.24) is 24.0 Å². The Labute approximate surface area is 157 Å². The summed E-state index contributed by atoms with van der Waals surface area (Å²) in [5.74, 6) is 1.19. The van der Waals surface area contributed by atoms with E-state index in [1.54, 1.807) is 13.4 Å². The first kappa shape index (κ1) is 16.5. The summed E-state index contributed by atoms with van der Waals surface area (Å²) in [5, 5.41) is 0.675. The first-order valence-electron chi connectivity index (χ1n) is 9.63. The number of hydrogen-bond donors (Lipinski definition) is 0. The molecule has 2 aliphatic rings. The standard InChI is InChI=1S/C20H24N6O/c1-23-14-22-18-12-16(4-5-17(18)20(23)27)25-10-8-24(9-11-25)13-19-21-6-7-26(19)15-2-3-15/h4-7,12,14-15H,2-3,8-11,13H2,1H3. The van der Waals surface area contributed by atoms with Gasteiger partial charge in [0.15, 0.2) is 0 Å². The average molecular weight is 364 g/mol. The van der Waals surface area contributed by atoms with Crippen molar-refractivity contribution >= 4 is 16.6 Å². The molecule has 2 fully saturated rings. The van der Waals surface area contributed by atoms with Gasteiger partial charge in [-0.05, 0) is 31.0 Å². The molecule has 1 aliphatic carbocycles. The Hall–Kier alpha value is -2.67. The minimum Gasteiger partial charge on any atom is -0.369 e. The molecular weight excluding hydrogens is 340 g/mol. The number of piperazine rings is 1. The predicted octanol–water partition coefficient (Wildman–Crippen LogP) is 1.79. The Morgan fingerprint density at radius 3 is 2.70 bits per heavy atom. The fourth-order valence-electron chi connectivity index (χ4n) is 3.91. The molecular formula is C20H24N6O. The predicted molar refractivity (Wildman–Crippen MR) is 105 cm³/mol. The van der Waals surface area contributed by atoms with E-state index >= 15 is 0 Å². The van der Waals surface area contributed by atoms with Crippen molar-refractivity contribution in [2.45, 2.75) is 25.4 Å². The van der Waals surface area contributed by atoms with Crippen LogP contribution in [0.15, 0.2) is 41.7 Å². The summed E-state index contributed by atoms with van der Waals surface area (Å²) in [5.41, 5.74) is 1.91. The smallest absolute Gasteiger partial charge is 0.260 e. The minimum absolute atomic E-state index is 0.00235. The third-order valence-electron chi connectivity index (χ3n) is 5.69. The van der Waals surface area contributed by atoms with E-state index in [-0.39, 0.29) is 5.56 Å². The van der Waals surface area contributed by atoms with Crippen LogP contribution in [0.5, 0.6) is 0 Å². The summed E-state index contributed by atoms with van der Waals surface area (Å²) in [6.07, 6.45) is 8.21. The molecule has 0 spiro atoms. The fraction of sp³-hybridized carbons (Fsp3) is 0.450. The van der Waals surface area contributed by atoms with E-state index < -0.39 is 0 Å². The topological polar surface area (TPSA) is 59.2 Å². The van der Waals surface area contributed by atoms with Gasteiger partial charge in [0, 0.05) is 57.3 Å². The van der Waals surface area contributed by atoms with Crippen LogP contribution in [-0.2, 0) is 13.6 Å². The van der Waals surface area contributed by atoms with Crippen LogP contribution in [0.4, 0.5) is 5.69 Å². The van der Waals surface area contributed by atoms with Crippen LogP contribution in [0.3, 0.4) is 0 Å². The summed E-state index contributed by atoms with van der Waals surface area (Å²) in [4.78, 5) is 26.0. The summed E-state index contributed by atoms with van der Waals surface area (Å²) in [7, 11) is 1.73. The number of nitrogens with zero attached hydrogens (tertiary/aromatic N) is 6. The van der Waals surface area contributed by atoms with Crippen molar-refractivity contribution in [3.05, 3.63) is 53.1 Å². The highest BCUT2D eigenvalue weighted by atomic mass is 16.1. The second kappa shape index (κ2) is 6.49. The van der Waals surface area contributed by atoms with Crippen LogP contribution in [0.1, 0.15) is 24.7 Å². The molecule has 0 bridgehead atoms. The van der Waals surface area contributed by atoms with Crippen molar-refractivity contribution in [3.8, 4) is 0 Å². The molecule has 27 heavy (non-hydrogen) atoms. The van der Waals surface area contributed by atoms with E-state index in [0.29, 0.717) is 11.4 Å². The lowest BCUT2D eigenvalue weighted by atomic mass is 10.2. The quantitative estimate of drug-likeness (QED) is 0.706. The van der Waals surface area contributed by atoms with Gasteiger partial charge in [-0.25, -0.2) is 9.97 Å². The van der Waals surface area contributed by atoms with Crippen LogP contribution in [0.25, 0.3) is 10.9 Å². The van der Waals surface area contributed by atoms with Gasteiger partial charge in [-0.1, -0.05) is 0 Å². The largest absolute Gasteiger partial charge is 0.369 e. The third kappa shape index (κ3) is 3.12. The van der Waals surface area contributed by atoms with Gasteiger partial charge in [0.1, 0.15) is 5.82 Å². The number of fused-ring (bicyclic) bond motifs is 1. The molecule has 2 aromatic heterocycles. The van der Waals surface area contributed by atoms with Gasteiger partial charge in [0.2, 0.25) is 0 Å². The molecule has 1 aromatic carbocycles. The van der Waals surface area contributed by atoms with Gasteiger partial charge < -0.3 is 14.0 Å². The van der Waals surface area contributed by atoms with E-state index in [4.69, 9.17) is 0 Å². The van der Waals surface area contributed by atoms with Gasteiger partial charge in [-0.2, -0.15) is 0 Å². The number of rotatable bonds is 4. The summed E-state index contributed by atoms with van der Waals surface area (Å²) in [6.45, 7) is 4.90. The van der Waals surface area contributed by atoms with Crippen LogP contribution in [-0.4, -0.2) is 50.2 Å². The normalized spacial score (nSPS) is 18.3. The minimum atomic E-state index is 0.00235. The molecule has 0 amide bonds.